The van der Waals surface area contributed by atoms with Gasteiger partial charge in [-0.15, -0.1) is 0 Å². The zero-order chi connectivity index (χ0) is 16.8. The van der Waals surface area contributed by atoms with Gasteiger partial charge in [-0.05, 0) is 12.1 Å². The summed E-state index contributed by atoms with van der Waals surface area (Å²) in [7, 11) is 0. The van der Waals surface area contributed by atoms with Crippen LogP contribution in [-0.2, 0) is 0 Å². The van der Waals surface area contributed by atoms with Crippen LogP contribution >= 0.6 is 0 Å². The topological polar surface area (TPSA) is 110 Å². The Labute approximate surface area is 138 Å². The highest BCUT2D eigenvalue weighted by Gasteiger charge is 2.13. The Kier molecular flexibility index (Phi) is 4.72. The Morgan fingerprint density at radius 1 is 1.46 bits per heavy atom. The summed E-state index contributed by atoms with van der Waals surface area (Å²) in [6.07, 6.45) is 7.73. The van der Waals surface area contributed by atoms with Gasteiger partial charge in [-0.1, -0.05) is 4.99 Å². The first-order chi connectivity index (χ1) is 11.8. The summed E-state index contributed by atoms with van der Waals surface area (Å²) in [5.41, 5.74) is 0.484. The zero-order valence-electron chi connectivity index (χ0n) is 12.9. The number of H-pyrrole nitrogens is 1. The first kappa shape index (κ1) is 15.6. The fourth-order valence-electron chi connectivity index (χ4n) is 2.35. The molecule has 8 heteroatoms. The lowest BCUT2D eigenvalue weighted by molar-refractivity contribution is -0.504. The minimum atomic E-state index is -0.463. The number of hydrogen-bond acceptors (Lipinski definition) is 6. The number of nitriles is 1. The molecule has 0 amide bonds. The maximum atomic E-state index is 12.1. The van der Waals surface area contributed by atoms with Crippen LogP contribution in [0.3, 0.4) is 0 Å². The maximum Gasteiger partial charge on any atom is 0.281 e. The first-order valence-corrected chi connectivity index (χ1v) is 7.55. The van der Waals surface area contributed by atoms with E-state index < -0.39 is 5.56 Å². The number of aromatic amines is 1. The summed E-state index contributed by atoms with van der Waals surface area (Å²) in [5, 5.41) is 12.3. The molecule has 8 nitrogen and oxygen atoms in total. The van der Waals surface area contributed by atoms with Crippen molar-refractivity contribution in [2.45, 2.75) is 6.42 Å². The van der Waals surface area contributed by atoms with Gasteiger partial charge in [-0.3, -0.25) is 19.3 Å². The molecule has 0 bridgehead atoms. The van der Waals surface area contributed by atoms with Crippen LogP contribution in [-0.4, -0.2) is 51.7 Å². The third kappa shape index (κ3) is 3.52. The first-order valence-electron chi connectivity index (χ1n) is 7.55. The summed E-state index contributed by atoms with van der Waals surface area (Å²) in [4.78, 5) is 27.1. The second-order valence-electron chi connectivity index (χ2n) is 5.21. The molecule has 1 aliphatic heterocycles. The number of anilines is 1. The van der Waals surface area contributed by atoms with E-state index in [0.29, 0.717) is 23.8 Å². The third-order valence-electron chi connectivity index (χ3n) is 3.53. The van der Waals surface area contributed by atoms with E-state index in [-0.39, 0.29) is 5.56 Å². The van der Waals surface area contributed by atoms with Gasteiger partial charge in [0.1, 0.15) is 18.2 Å². The largest absolute Gasteiger partial charge is 0.356 e. The van der Waals surface area contributed by atoms with Gasteiger partial charge in [0.25, 0.3) is 11.9 Å². The predicted molar refractivity (Wildman–Crippen MR) is 90.5 cm³/mol. The minimum absolute atomic E-state index is 0.0163. The molecular formula is C16H16N7O+. The summed E-state index contributed by atoms with van der Waals surface area (Å²) in [6.45, 7) is 2.34. The monoisotopic (exact) mass is 322 g/mol. The molecule has 0 saturated carbocycles. The lowest BCUT2D eigenvalue weighted by Crippen LogP contribution is -2.20. The Morgan fingerprint density at radius 3 is 3.08 bits per heavy atom. The molecule has 0 aromatic carbocycles. The lowest BCUT2D eigenvalue weighted by Gasteiger charge is -2.08. The number of aliphatic imine (C=N–C) groups is 1. The van der Waals surface area contributed by atoms with E-state index in [1.165, 1.54) is 0 Å². The van der Waals surface area contributed by atoms with Crippen molar-refractivity contribution in [1.82, 2.24) is 15.0 Å². The zero-order valence-corrected chi connectivity index (χ0v) is 12.9. The molecule has 120 valence electrons. The molecule has 0 unspecified atom stereocenters. The SMILES string of the molecule is N#Cc1c(-c2cccnc2)nc(NCCC[N+]2=CN=CC2)[nH]c1=O. The summed E-state index contributed by atoms with van der Waals surface area (Å²) in [5.74, 6) is 0.347. The molecule has 0 fully saturated rings. The van der Waals surface area contributed by atoms with Gasteiger partial charge in [0.15, 0.2) is 6.21 Å². The van der Waals surface area contributed by atoms with Gasteiger partial charge in [-0.25, -0.2) is 4.98 Å². The van der Waals surface area contributed by atoms with Crippen LogP contribution < -0.4 is 10.9 Å². The van der Waals surface area contributed by atoms with Crippen LogP contribution in [0.15, 0.2) is 34.3 Å². The van der Waals surface area contributed by atoms with Crippen molar-refractivity contribution >= 4 is 18.5 Å². The van der Waals surface area contributed by atoms with Crippen molar-refractivity contribution in [1.29, 1.82) is 5.26 Å². The van der Waals surface area contributed by atoms with Crippen LogP contribution in [0.5, 0.6) is 0 Å². The van der Waals surface area contributed by atoms with Crippen molar-refractivity contribution in [3.05, 3.63) is 40.4 Å². The quantitative estimate of drug-likeness (QED) is 0.599. The number of aromatic nitrogens is 3. The third-order valence-corrected chi connectivity index (χ3v) is 3.53. The van der Waals surface area contributed by atoms with Crippen molar-refractivity contribution < 1.29 is 4.58 Å². The maximum absolute atomic E-state index is 12.1. The van der Waals surface area contributed by atoms with Crippen LogP contribution in [0.2, 0.25) is 0 Å². The predicted octanol–water partition coefficient (Wildman–Crippen LogP) is 0.631. The molecule has 3 rings (SSSR count). The van der Waals surface area contributed by atoms with Crippen LogP contribution in [0.1, 0.15) is 12.0 Å². The van der Waals surface area contributed by atoms with Crippen molar-refractivity contribution in [2.24, 2.45) is 4.99 Å². The minimum Gasteiger partial charge on any atom is -0.356 e. The number of pyridine rings is 1. The van der Waals surface area contributed by atoms with Crippen molar-refractivity contribution in [3.8, 4) is 17.3 Å². The smallest absolute Gasteiger partial charge is 0.281 e. The fourth-order valence-corrected chi connectivity index (χ4v) is 2.35. The van der Waals surface area contributed by atoms with Crippen LogP contribution in [0.25, 0.3) is 11.3 Å². The Morgan fingerprint density at radius 2 is 2.38 bits per heavy atom. The van der Waals surface area contributed by atoms with E-state index in [9.17, 15) is 10.1 Å². The van der Waals surface area contributed by atoms with Crippen molar-refractivity contribution in [3.63, 3.8) is 0 Å². The average molecular weight is 322 g/mol. The van der Waals surface area contributed by atoms with Gasteiger partial charge in [0.2, 0.25) is 5.95 Å². The number of rotatable bonds is 6. The molecular weight excluding hydrogens is 306 g/mol. The lowest BCUT2D eigenvalue weighted by atomic mass is 10.1. The highest BCUT2D eigenvalue weighted by molar-refractivity contribution is 5.74. The molecule has 1 aliphatic rings. The summed E-state index contributed by atoms with van der Waals surface area (Å²) in [6, 6.07) is 5.41. The number of nitrogens with zero attached hydrogens (tertiary/aromatic N) is 5. The Hall–Kier alpha value is -3.34. The van der Waals surface area contributed by atoms with E-state index in [1.54, 1.807) is 24.5 Å². The van der Waals surface area contributed by atoms with Crippen molar-refractivity contribution in [2.75, 3.05) is 25.0 Å². The van der Waals surface area contributed by atoms with Crippen LogP contribution in [0, 0.1) is 11.3 Å². The van der Waals surface area contributed by atoms with E-state index >= 15 is 0 Å². The van der Waals surface area contributed by atoms with E-state index in [1.807, 2.05) is 18.6 Å². The van der Waals surface area contributed by atoms with Gasteiger partial charge in [-0.2, -0.15) is 5.26 Å². The van der Waals surface area contributed by atoms with Gasteiger partial charge < -0.3 is 5.32 Å². The highest BCUT2D eigenvalue weighted by atomic mass is 16.1. The summed E-state index contributed by atoms with van der Waals surface area (Å²) < 4.78 is 2.09. The molecule has 0 radical (unpaired) electrons. The fraction of sp³-hybridized carbons (Fsp3) is 0.250. The molecule has 2 aromatic rings. The molecule has 2 aromatic heterocycles. The Balaban J connectivity index is 1.73. The highest BCUT2D eigenvalue weighted by Crippen LogP contribution is 2.18. The van der Waals surface area contributed by atoms with Gasteiger partial charge >= 0.3 is 0 Å². The molecule has 0 saturated heterocycles. The standard InChI is InChI=1S/C16H15N7O/c17-9-13-14(12-3-1-4-18-10-12)21-16(22-15(13)24)20-5-2-7-23-8-6-19-11-23/h1,3-4,6,10-11H,2,5,7-8H2,(H-,20,21,22,24)/p+1. The average Bonchev–Trinajstić information content (AvgIpc) is 3.12. The van der Waals surface area contributed by atoms with E-state index in [2.05, 4.69) is 29.8 Å². The molecule has 0 atom stereocenters. The van der Waals surface area contributed by atoms with Gasteiger partial charge in [0.05, 0.1) is 12.2 Å². The molecule has 3 heterocycles. The Bertz CT molecular complexity index is 878. The molecule has 24 heavy (non-hydrogen) atoms. The summed E-state index contributed by atoms with van der Waals surface area (Å²) >= 11 is 0. The normalized spacial score (nSPS) is 12.7. The molecule has 0 aliphatic carbocycles. The van der Waals surface area contributed by atoms with E-state index in [0.717, 1.165) is 19.5 Å². The second kappa shape index (κ2) is 7.28. The number of nitrogens with one attached hydrogen (secondary N) is 2. The molecule has 0 spiro atoms. The number of hydrogen-bond donors (Lipinski definition) is 2. The van der Waals surface area contributed by atoms with Crippen LogP contribution in [0.4, 0.5) is 5.95 Å². The van der Waals surface area contributed by atoms with E-state index in [4.69, 9.17) is 0 Å². The second-order valence-corrected chi connectivity index (χ2v) is 5.21. The van der Waals surface area contributed by atoms with Gasteiger partial charge in [0, 0.05) is 30.9 Å². The molecule has 2 N–H and O–H groups in total.